The number of esters is 1. The predicted molar refractivity (Wildman–Crippen MR) is 71.9 cm³/mol. The van der Waals surface area contributed by atoms with E-state index in [9.17, 15) is 4.79 Å². The first-order valence-electron chi connectivity index (χ1n) is 6.32. The number of hydrogen-bond acceptors (Lipinski definition) is 3. The van der Waals surface area contributed by atoms with Crippen LogP contribution in [0.4, 0.5) is 0 Å². The van der Waals surface area contributed by atoms with Crippen LogP contribution in [-0.4, -0.2) is 18.7 Å². The summed E-state index contributed by atoms with van der Waals surface area (Å²) < 4.78 is 10.7. The van der Waals surface area contributed by atoms with Crippen LogP contribution < -0.4 is 4.74 Å². The van der Waals surface area contributed by atoms with E-state index in [1.54, 1.807) is 0 Å². The van der Waals surface area contributed by atoms with Crippen molar-refractivity contribution in [1.29, 1.82) is 0 Å². The van der Waals surface area contributed by atoms with Gasteiger partial charge in [-0.3, -0.25) is 4.79 Å². The van der Waals surface area contributed by atoms with Crippen molar-refractivity contribution in [3.05, 3.63) is 29.8 Å². The molecule has 18 heavy (non-hydrogen) atoms. The van der Waals surface area contributed by atoms with Crippen molar-refractivity contribution < 1.29 is 14.3 Å². The normalized spacial score (nSPS) is 11.4. The van der Waals surface area contributed by atoms with Crippen LogP contribution in [0.1, 0.15) is 40.2 Å². The van der Waals surface area contributed by atoms with Gasteiger partial charge in [-0.2, -0.15) is 0 Å². The van der Waals surface area contributed by atoms with E-state index in [1.807, 2.05) is 58.9 Å². The SMILES string of the molecule is CCOC(=O)C(C)(C)c1cccc(OC(C)C)c1. The Balaban J connectivity index is 2.97. The summed E-state index contributed by atoms with van der Waals surface area (Å²) >= 11 is 0. The van der Waals surface area contributed by atoms with E-state index in [0.717, 1.165) is 11.3 Å². The molecular formula is C15H22O3. The number of ether oxygens (including phenoxy) is 2. The van der Waals surface area contributed by atoms with Crippen LogP contribution >= 0.6 is 0 Å². The highest BCUT2D eigenvalue weighted by molar-refractivity contribution is 5.82. The van der Waals surface area contributed by atoms with Crippen molar-refractivity contribution in [3.63, 3.8) is 0 Å². The van der Waals surface area contributed by atoms with Crippen molar-refractivity contribution in [1.82, 2.24) is 0 Å². The molecule has 0 saturated carbocycles. The minimum atomic E-state index is -0.660. The van der Waals surface area contributed by atoms with E-state index in [4.69, 9.17) is 9.47 Å². The van der Waals surface area contributed by atoms with Gasteiger partial charge in [0.2, 0.25) is 0 Å². The van der Waals surface area contributed by atoms with E-state index in [0.29, 0.717) is 6.61 Å². The highest BCUT2D eigenvalue weighted by Gasteiger charge is 2.31. The first-order valence-corrected chi connectivity index (χ1v) is 6.32. The van der Waals surface area contributed by atoms with Crippen molar-refractivity contribution in [2.75, 3.05) is 6.61 Å². The molecule has 3 nitrogen and oxygen atoms in total. The van der Waals surface area contributed by atoms with Gasteiger partial charge in [0.15, 0.2) is 0 Å². The van der Waals surface area contributed by atoms with Crippen LogP contribution in [0.2, 0.25) is 0 Å². The van der Waals surface area contributed by atoms with Crippen LogP contribution in [-0.2, 0) is 14.9 Å². The lowest BCUT2D eigenvalue weighted by atomic mass is 9.84. The molecule has 0 radical (unpaired) electrons. The summed E-state index contributed by atoms with van der Waals surface area (Å²) in [6.07, 6.45) is 0.117. The maximum Gasteiger partial charge on any atom is 0.315 e. The second-order valence-corrected chi connectivity index (χ2v) is 5.04. The van der Waals surface area contributed by atoms with Crippen LogP contribution in [0.25, 0.3) is 0 Å². The molecule has 0 fully saturated rings. The molecule has 1 aromatic carbocycles. The van der Waals surface area contributed by atoms with Gasteiger partial charge in [0, 0.05) is 0 Å². The van der Waals surface area contributed by atoms with E-state index in [-0.39, 0.29) is 12.1 Å². The largest absolute Gasteiger partial charge is 0.491 e. The molecule has 0 aliphatic rings. The van der Waals surface area contributed by atoms with E-state index < -0.39 is 5.41 Å². The summed E-state index contributed by atoms with van der Waals surface area (Å²) in [6, 6.07) is 7.61. The summed E-state index contributed by atoms with van der Waals surface area (Å²) in [5.74, 6) is 0.562. The molecule has 0 unspecified atom stereocenters. The topological polar surface area (TPSA) is 35.5 Å². The standard InChI is InChI=1S/C15H22O3/c1-6-17-14(16)15(4,5)12-8-7-9-13(10-12)18-11(2)3/h7-11H,6H2,1-5H3. The fourth-order valence-electron chi connectivity index (χ4n) is 1.66. The fourth-order valence-corrected chi connectivity index (χ4v) is 1.66. The second kappa shape index (κ2) is 5.89. The van der Waals surface area contributed by atoms with Gasteiger partial charge < -0.3 is 9.47 Å². The third-order valence-electron chi connectivity index (χ3n) is 2.71. The summed E-state index contributed by atoms with van der Waals surface area (Å²) in [5.41, 5.74) is 0.242. The van der Waals surface area contributed by atoms with Crippen LogP contribution in [0.5, 0.6) is 5.75 Å². The second-order valence-electron chi connectivity index (χ2n) is 5.04. The van der Waals surface area contributed by atoms with Crippen molar-refractivity contribution in [2.45, 2.75) is 46.1 Å². The van der Waals surface area contributed by atoms with E-state index in [2.05, 4.69) is 0 Å². The van der Waals surface area contributed by atoms with Gasteiger partial charge >= 0.3 is 5.97 Å². The average molecular weight is 250 g/mol. The molecular weight excluding hydrogens is 228 g/mol. The first kappa shape index (κ1) is 14.6. The van der Waals surface area contributed by atoms with Crippen molar-refractivity contribution >= 4 is 5.97 Å². The van der Waals surface area contributed by atoms with Gasteiger partial charge in [0.1, 0.15) is 5.75 Å². The highest BCUT2D eigenvalue weighted by Crippen LogP contribution is 2.28. The summed E-state index contributed by atoms with van der Waals surface area (Å²) in [6.45, 7) is 9.88. The molecule has 0 spiro atoms. The molecule has 0 atom stereocenters. The van der Waals surface area contributed by atoms with Crippen LogP contribution in [0, 0.1) is 0 Å². The molecule has 0 bridgehead atoms. The summed E-state index contributed by atoms with van der Waals surface area (Å²) in [4.78, 5) is 11.9. The van der Waals surface area contributed by atoms with Gasteiger partial charge in [-0.25, -0.2) is 0 Å². The number of hydrogen-bond donors (Lipinski definition) is 0. The Bertz CT molecular complexity index is 408. The maximum atomic E-state index is 11.9. The molecule has 0 amide bonds. The Morgan fingerprint density at radius 2 is 2.00 bits per heavy atom. The molecule has 0 aliphatic carbocycles. The number of carbonyl (C=O) groups excluding carboxylic acids is 1. The Hall–Kier alpha value is -1.51. The third-order valence-corrected chi connectivity index (χ3v) is 2.71. The molecule has 100 valence electrons. The molecule has 1 aromatic rings. The monoisotopic (exact) mass is 250 g/mol. The lowest BCUT2D eigenvalue weighted by molar-refractivity contribution is -0.148. The first-order chi connectivity index (χ1) is 8.37. The third kappa shape index (κ3) is 3.49. The lowest BCUT2D eigenvalue weighted by Crippen LogP contribution is -2.31. The molecule has 1 rings (SSSR count). The predicted octanol–water partition coefficient (Wildman–Crippen LogP) is 3.31. The van der Waals surface area contributed by atoms with Gasteiger partial charge in [-0.05, 0) is 52.3 Å². The summed E-state index contributed by atoms with van der Waals surface area (Å²) in [7, 11) is 0. The van der Waals surface area contributed by atoms with Gasteiger partial charge in [-0.1, -0.05) is 12.1 Å². The van der Waals surface area contributed by atoms with E-state index in [1.165, 1.54) is 0 Å². The minimum Gasteiger partial charge on any atom is -0.491 e. The average Bonchev–Trinajstić information content (AvgIpc) is 2.28. The molecule has 0 N–H and O–H groups in total. The zero-order valence-corrected chi connectivity index (χ0v) is 11.8. The quantitative estimate of drug-likeness (QED) is 0.752. The molecule has 3 heteroatoms. The minimum absolute atomic E-state index is 0.117. The van der Waals surface area contributed by atoms with Crippen molar-refractivity contribution in [2.24, 2.45) is 0 Å². The van der Waals surface area contributed by atoms with Gasteiger partial charge in [0.05, 0.1) is 18.1 Å². The van der Waals surface area contributed by atoms with Gasteiger partial charge in [0.25, 0.3) is 0 Å². The van der Waals surface area contributed by atoms with E-state index >= 15 is 0 Å². The molecule has 0 heterocycles. The van der Waals surface area contributed by atoms with Crippen molar-refractivity contribution in [3.8, 4) is 5.75 Å². The molecule has 0 saturated heterocycles. The molecule has 0 aliphatic heterocycles. The fraction of sp³-hybridized carbons (Fsp3) is 0.533. The Morgan fingerprint density at radius 3 is 2.56 bits per heavy atom. The Labute approximate surface area is 109 Å². The zero-order chi connectivity index (χ0) is 13.8. The van der Waals surface area contributed by atoms with Gasteiger partial charge in [-0.15, -0.1) is 0 Å². The van der Waals surface area contributed by atoms with Crippen LogP contribution in [0.3, 0.4) is 0 Å². The van der Waals surface area contributed by atoms with Crippen LogP contribution in [0.15, 0.2) is 24.3 Å². The Kier molecular flexibility index (Phi) is 4.76. The summed E-state index contributed by atoms with van der Waals surface area (Å²) in [5, 5.41) is 0. The maximum absolute atomic E-state index is 11.9. The highest BCUT2D eigenvalue weighted by atomic mass is 16.5. The number of carbonyl (C=O) groups is 1. The number of benzene rings is 1. The smallest absolute Gasteiger partial charge is 0.315 e. The lowest BCUT2D eigenvalue weighted by Gasteiger charge is -2.23. The molecule has 0 aromatic heterocycles. The Morgan fingerprint density at radius 1 is 1.33 bits per heavy atom. The number of rotatable bonds is 5. The zero-order valence-electron chi connectivity index (χ0n) is 11.8.